The molecule has 0 amide bonds. The van der Waals surface area contributed by atoms with Crippen molar-refractivity contribution in [2.24, 2.45) is 5.41 Å². The molecule has 0 bridgehead atoms. The molecule has 2 fully saturated rings. The molecular formula is C14H28N2O. The van der Waals surface area contributed by atoms with Gasteiger partial charge in [-0.1, -0.05) is 20.8 Å². The second-order valence-electron chi connectivity index (χ2n) is 6.99. The molecule has 0 aromatic rings. The van der Waals surface area contributed by atoms with Crippen LogP contribution in [0.4, 0.5) is 0 Å². The van der Waals surface area contributed by atoms with E-state index in [1.807, 2.05) is 0 Å². The Balaban J connectivity index is 2.06. The molecule has 2 heterocycles. The molecule has 0 radical (unpaired) electrons. The van der Waals surface area contributed by atoms with Gasteiger partial charge in [0, 0.05) is 25.7 Å². The smallest absolute Gasteiger partial charge is 0.0859 e. The average Bonchev–Trinajstić information content (AvgIpc) is 2.24. The van der Waals surface area contributed by atoms with Gasteiger partial charge in [0.25, 0.3) is 0 Å². The molecule has 1 unspecified atom stereocenters. The summed E-state index contributed by atoms with van der Waals surface area (Å²) >= 11 is 0. The minimum atomic E-state index is 0.109. The molecular weight excluding hydrogens is 212 g/mol. The lowest BCUT2D eigenvalue weighted by atomic mass is 9.75. The van der Waals surface area contributed by atoms with E-state index in [4.69, 9.17) is 4.74 Å². The highest BCUT2D eigenvalue weighted by Gasteiger charge is 2.44. The number of hydrogen-bond acceptors (Lipinski definition) is 3. The summed E-state index contributed by atoms with van der Waals surface area (Å²) in [6.45, 7) is 11.2. The predicted molar refractivity (Wildman–Crippen MR) is 71.3 cm³/mol. The summed E-state index contributed by atoms with van der Waals surface area (Å²) in [5.41, 5.74) is 0.479. The fourth-order valence-electron chi connectivity index (χ4n) is 3.13. The molecule has 2 saturated heterocycles. The number of rotatable bonds is 1. The van der Waals surface area contributed by atoms with Gasteiger partial charge in [0.1, 0.15) is 0 Å². The van der Waals surface area contributed by atoms with Gasteiger partial charge in [-0.05, 0) is 31.7 Å². The Morgan fingerprint density at radius 3 is 2.53 bits per heavy atom. The zero-order valence-electron chi connectivity index (χ0n) is 11.9. The van der Waals surface area contributed by atoms with Crippen LogP contribution in [0, 0.1) is 5.41 Å². The normalized spacial score (nSPS) is 30.7. The molecule has 0 aliphatic carbocycles. The summed E-state index contributed by atoms with van der Waals surface area (Å²) < 4.78 is 6.22. The average molecular weight is 240 g/mol. The van der Waals surface area contributed by atoms with E-state index in [0.717, 1.165) is 13.2 Å². The van der Waals surface area contributed by atoms with E-state index >= 15 is 0 Å². The van der Waals surface area contributed by atoms with E-state index in [0.29, 0.717) is 11.5 Å². The Morgan fingerprint density at radius 2 is 1.94 bits per heavy atom. The summed E-state index contributed by atoms with van der Waals surface area (Å²) in [5.74, 6) is 0. The van der Waals surface area contributed by atoms with Gasteiger partial charge < -0.3 is 15.0 Å². The number of piperidine rings is 1. The predicted octanol–water partition coefficient (Wildman–Crippen LogP) is 1.88. The highest BCUT2D eigenvalue weighted by molar-refractivity contribution is 5.00. The third-order valence-corrected chi connectivity index (χ3v) is 4.17. The van der Waals surface area contributed by atoms with Crippen LogP contribution in [0.25, 0.3) is 0 Å². The molecule has 0 aromatic carbocycles. The van der Waals surface area contributed by atoms with Gasteiger partial charge in [-0.15, -0.1) is 0 Å². The van der Waals surface area contributed by atoms with E-state index in [1.165, 1.54) is 32.4 Å². The maximum Gasteiger partial charge on any atom is 0.0859 e. The van der Waals surface area contributed by atoms with Crippen LogP contribution >= 0.6 is 0 Å². The maximum atomic E-state index is 6.22. The minimum absolute atomic E-state index is 0.109. The molecule has 1 atom stereocenters. The lowest BCUT2D eigenvalue weighted by molar-refractivity contribution is -0.131. The third-order valence-electron chi connectivity index (χ3n) is 4.17. The molecule has 2 aliphatic heterocycles. The number of nitrogens with one attached hydrogen (secondary N) is 1. The van der Waals surface area contributed by atoms with Crippen LogP contribution in [0.3, 0.4) is 0 Å². The van der Waals surface area contributed by atoms with Crippen LogP contribution in [-0.4, -0.2) is 49.8 Å². The fourth-order valence-corrected chi connectivity index (χ4v) is 3.13. The standard InChI is InChI=1S/C14H28N2O/c1-13(2,3)11-12-14(17-10-7-15-12)5-8-16(4)9-6-14/h12,15H,5-11H2,1-4H3. The number of likely N-dealkylation sites (tertiary alicyclic amines) is 1. The van der Waals surface area contributed by atoms with Crippen molar-refractivity contribution in [3.8, 4) is 0 Å². The van der Waals surface area contributed by atoms with Crippen LogP contribution in [0.2, 0.25) is 0 Å². The van der Waals surface area contributed by atoms with Crippen molar-refractivity contribution in [3.63, 3.8) is 0 Å². The first-order valence-electron chi connectivity index (χ1n) is 6.97. The lowest BCUT2D eigenvalue weighted by Crippen LogP contribution is -2.62. The summed E-state index contributed by atoms with van der Waals surface area (Å²) in [6, 6.07) is 0.532. The van der Waals surface area contributed by atoms with Crippen LogP contribution in [0.1, 0.15) is 40.0 Å². The quantitative estimate of drug-likeness (QED) is 0.757. The Bertz CT molecular complexity index is 251. The summed E-state index contributed by atoms with van der Waals surface area (Å²) in [5, 5.41) is 3.71. The molecule has 100 valence electrons. The monoisotopic (exact) mass is 240 g/mol. The summed E-state index contributed by atoms with van der Waals surface area (Å²) in [4.78, 5) is 2.41. The Kier molecular flexibility index (Phi) is 3.81. The molecule has 0 aromatic heterocycles. The van der Waals surface area contributed by atoms with Crippen LogP contribution in [0.15, 0.2) is 0 Å². The second kappa shape index (κ2) is 4.87. The molecule has 3 heteroatoms. The molecule has 1 spiro atoms. The summed E-state index contributed by atoms with van der Waals surface area (Å²) in [6.07, 6.45) is 3.56. The second-order valence-corrected chi connectivity index (χ2v) is 6.99. The van der Waals surface area contributed by atoms with Gasteiger partial charge in [-0.2, -0.15) is 0 Å². The van der Waals surface area contributed by atoms with Gasteiger partial charge in [-0.3, -0.25) is 0 Å². The van der Waals surface area contributed by atoms with Gasteiger partial charge in [0.2, 0.25) is 0 Å². The zero-order chi connectivity index (χ0) is 12.5. The summed E-state index contributed by atoms with van der Waals surface area (Å²) in [7, 11) is 2.21. The zero-order valence-corrected chi connectivity index (χ0v) is 11.9. The first-order chi connectivity index (χ1) is 7.91. The maximum absolute atomic E-state index is 6.22. The number of ether oxygens (including phenoxy) is 1. The largest absolute Gasteiger partial charge is 0.372 e. The van der Waals surface area contributed by atoms with Crippen molar-refractivity contribution in [3.05, 3.63) is 0 Å². The molecule has 0 saturated carbocycles. The van der Waals surface area contributed by atoms with Crippen molar-refractivity contribution in [1.29, 1.82) is 0 Å². The molecule has 1 N–H and O–H groups in total. The molecule has 17 heavy (non-hydrogen) atoms. The van der Waals surface area contributed by atoms with Crippen LogP contribution in [-0.2, 0) is 4.74 Å². The van der Waals surface area contributed by atoms with Crippen molar-refractivity contribution in [2.45, 2.75) is 51.7 Å². The fraction of sp³-hybridized carbons (Fsp3) is 1.00. The van der Waals surface area contributed by atoms with E-state index < -0.39 is 0 Å². The minimum Gasteiger partial charge on any atom is -0.372 e. The molecule has 2 rings (SSSR count). The van der Waals surface area contributed by atoms with Crippen molar-refractivity contribution >= 4 is 0 Å². The van der Waals surface area contributed by atoms with E-state index in [2.05, 4.69) is 38.0 Å². The Morgan fingerprint density at radius 1 is 1.29 bits per heavy atom. The van der Waals surface area contributed by atoms with Crippen LogP contribution in [0.5, 0.6) is 0 Å². The third kappa shape index (κ3) is 3.21. The van der Waals surface area contributed by atoms with E-state index in [9.17, 15) is 0 Å². The van der Waals surface area contributed by atoms with Crippen LogP contribution < -0.4 is 5.32 Å². The van der Waals surface area contributed by atoms with E-state index in [-0.39, 0.29) is 5.60 Å². The van der Waals surface area contributed by atoms with E-state index in [1.54, 1.807) is 0 Å². The Hall–Kier alpha value is -0.120. The van der Waals surface area contributed by atoms with Crippen molar-refractivity contribution in [2.75, 3.05) is 33.3 Å². The topological polar surface area (TPSA) is 24.5 Å². The van der Waals surface area contributed by atoms with Gasteiger partial charge >= 0.3 is 0 Å². The Labute approximate surface area is 106 Å². The number of hydrogen-bond donors (Lipinski definition) is 1. The first-order valence-corrected chi connectivity index (χ1v) is 6.97. The molecule has 2 aliphatic rings. The SMILES string of the molecule is CN1CCC2(CC1)OCCNC2CC(C)(C)C. The first kappa shape index (κ1) is 13.3. The number of morpholine rings is 1. The molecule has 3 nitrogen and oxygen atoms in total. The highest BCUT2D eigenvalue weighted by Crippen LogP contribution is 2.36. The van der Waals surface area contributed by atoms with Gasteiger partial charge in [0.05, 0.1) is 12.2 Å². The highest BCUT2D eigenvalue weighted by atomic mass is 16.5. The lowest BCUT2D eigenvalue weighted by Gasteiger charge is -2.50. The van der Waals surface area contributed by atoms with Gasteiger partial charge in [-0.25, -0.2) is 0 Å². The van der Waals surface area contributed by atoms with Gasteiger partial charge in [0.15, 0.2) is 0 Å². The van der Waals surface area contributed by atoms with Crippen molar-refractivity contribution < 1.29 is 4.74 Å². The number of nitrogens with zero attached hydrogens (tertiary/aromatic N) is 1. The van der Waals surface area contributed by atoms with Crippen molar-refractivity contribution in [1.82, 2.24) is 10.2 Å².